The molecule has 88 valence electrons. The highest BCUT2D eigenvalue weighted by Crippen LogP contribution is 2.41. The zero-order valence-corrected chi connectivity index (χ0v) is 10.2. The summed E-state index contributed by atoms with van der Waals surface area (Å²) in [5.74, 6) is 0.973. The molecule has 0 radical (unpaired) electrons. The fourth-order valence-electron chi connectivity index (χ4n) is 1.95. The van der Waals surface area contributed by atoms with Gasteiger partial charge in [-0.05, 0) is 43.5 Å². The fourth-order valence-corrected chi connectivity index (χ4v) is 1.95. The summed E-state index contributed by atoms with van der Waals surface area (Å²) >= 11 is 0. The minimum absolute atomic E-state index is 0.341. The molecule has 2 rings (SSSR count). The van der Waals surface area contributed by atoms with Gasteiger partial charge in [0, 0.05) is 13.8 Å². The van der Waals surface area contributed by atoms with E-state index in [2.05, 4.69) is 0 Å². The standard InChI is InChI=1S/C13H18O3/c1-8-5-11-12(16-13(3,4)15-11)7-10(8)6-9(2)14/h5,7,9,14H,6H2,1-4H3. The first-order chi connectivity index (χ1) is 7.37. The molecule has 1 heterocycles. The lowest BCUT2D eigenvalue weighted by Crippen LogP contribution is -2.29. The Morgan fingerprint density at radius 3 is 2.38 bits per heavy atom. The van der Waals surface area contributed by atoms with Gasteiger partial charge in [0.05, 0.1) is 6.10 Å². The number of hydrogen-bond acceptors (Lipinski definition) is 3. The molecule has 0 fully saturated rings. The summed E-state index contributed by atoms with van der Waals surface area (Å²) in [5.41, 5.74) is 2.23. The van der Waals surface area contributed by atoms with Crippen molar-refractivity contribution in [3.63, 3.8) is 0 Å². The van der Waals surface area contributed by atoms with Crippen LogP contribution in [0.4, 0.5) is 0 Å². The molecule has 0 amide bonds. The van der Waals surface area contributed by atoms with Crippen molar-refractivity contribution in [1.82, 2.24) is 0 Å². The molecule has 3 heteroatoms. The zero-order chi connectivity index (χ0) is 11.9. The topological polar surface area (TPSA) is 38.7 Å². The van der Waals surface area contributed by atoms with Crippen LogP contribution in [-0.4, -0.2) is 17.0 Å². The molecule has 1 N–H and O–H groups in total. The number of rotatable bonds is 2. The van der Waals surface area contributed by atoms with Crippen LogP contribution in [0, 0.1) is 6.92 Å². The Hall–Kier alpha value is -1.22. The third-order valence-corrected chi connectivity index (χ3v) is 2.63. The molecule has 0 spiro atoms. The molecule has 1 aliphatic heterocycles. The Morgan fingerprint density at radius 1 is 1.25 bits per heavy atom. The first kappa shape index (κ1) is 11.3. The van der Waals surface area contributed by atoms with Gasteiger partial charge in [-0.25, -0.2) is 0 Å². The average Bonchev–Trinajstić information content (AvgIpc) is 2.38. The number of aryl methyl sites for hydroxylation is 1. The maximum absolute atomic E-state index is 9.41. The van der Waals surface area contributed by atoms with Gasteiger partial charge in [-0.15, -0.1) is 0 Å². The molecule has 0 aromatic heterocycles. The smallest absolute Gasteiger partial charge is 0.246 e. The second-order valence-electron chi connectivity index (χ2n) is 4.88. The molecule has 0 bridgehead atoms. The average molecular weight is 222 g/mol. The first-order valence-electron chi connectivity index (χ1n) is 5.57. The van der Waals surface area contributed by atoms with Crippen molar-refractivity contribution in [2.24, 2.45) is 0 Å². The van der Waals surface area contributed by atoms with Crippen molar-refractivity contribution in [1.29, 1.82) is 0 Å². The van der Waals surface area contributed by atoms with Crippen molar-refractivity contribution in [2.45, 2.75) is 46.0 Å². The van der Waals surface area contributed by atoms with Gasteiger partial charge < -0.3 is 14.6 Å². The Bertz CT molecular complexity index is 407. The van der Waals surface area contributed by atoms with E-state index in [0.717, 1.165) is 22.6 Å². The number of ether oxygens (including phenoxy) is 2. The van der Waals surface area contributed by atoms with E-state index in [4.69, 9.17) is 9.47 Å². The van der Waals surface area contributed by atoms with Gasteiger partial charge in [0.1, 0.15) is 0 Å². The molecule has 0 saturated carbocycles. The van der Waals surface area contributed by atoms with Crippen LogP contribution in [0.2, 0.25) is 0 Å². The Labute approximate surface area is 96.0 Å². The minimum Gasteiger partial charge on any atom is -0.449 e. The zero-order valence-electron chi connectivity index (χ0n) is 10.2. The van der Waals surface area contributed by atoms with Crippen molar-refractivity contribution in [3.8, 4) is 11.5 Å². The molecule has 1 aromatic carbocycles. The predicted molar refractivity (Wildman–Crippen MR) is 61.9 cm³/mol. The van der Waals surface area contributed by atoms with Gasteiger partial charge in [-0.2, -0.15) is 0 Å². The predicted octanol–water partition coefficient (Wildman–Crippen LogP) is 2.43. The lowest BCUT2D eigenvalue weighted by atomic mass is 10.0. The second-order valence-corrected chi connectivity index (χ2v) is 4.88. The third kappa shape index (κ3) is 2.14. The summed E-state index contributed by atoms with van der Waals surface area (Å²) in [7, 11) is 0. The molecular formula is C13H18O3. The van der Waals surface area contributed by atoms with E-state index in [-0.39, 0.29) is 6.10 Å². The summed E-state index contributed by atoms with van der Waals surface area (Å²) in [5, 5.41) is 9.41. The highest BCUT2D eigenvalue weighted by atomic mass is 16.7. The summed E-state index contributed by atoms with van der Waals surface area (Å²) < 4.78 is 11.3. The van der Waals surface area contributed by atoms with Gasteiger partial charge >= 0.3 is 0 Å². The highest BCUT2D eigenvalue weighted by Gasteiger charge is 2.32. The molecule has 0 aliphatic carbocycles. The van der Waals surface area contributed by atoms with E-state index in [1.807, 2.05) is 32.9 Å². The number of hydrogen-bond donors (Lipinski definition) is 1. The highest BCUT2D eigenvalue weighted by molar-refractivity contribution is 5.49. The number of fused-ring (bicyclic) bond motifs is 1. The number of aliphatic hydroxyl groups excluding tert-OH is 1. The Kier molecular flexibility index (Phi) is 2.58. The SMILES string of the molecule is Cc1cc2c(cc1CC(C)O)OC(C)(C)O2. The van der Waals surface area contributed by atoms with Crippen LogP contribution in [0.5, 0.6) is 11.5 Å². The van der Waals surface area contributed by atoms with Crippen LogP contribution in [-0.2, 0) is 6.42 Å². The second kappa shape index (κ2) is 3.67. The minimum atomic E-state index is -0.585. The van der Waals surface area contributed by atoms with Crippen molar-refractivity contribution < 1.29 is 14.6 Å². The van der Waals surface area contributed by atoms with Crippen LogP contribution >= 0.6 is 0 Å². The summed E-state index contributed by atoms with van der Waals surface area (Å²) in [4.78, 5) is 0. The van der Waals surface area contributed by atoms with E-state index in [0.29, 0.717) is 6.42 Å². The maximum Gasteiger partial charge on any atom is 0.246 e. The summed E-state index contributed by atoms with van der Waals surface area (Å²) in [6.45, 7) is 7.58. The first-order valence-corrected chi connectivity index (χ1v) is 5.57. The van der Waals surface area contributed by atoms with Gasteiger partial charge in [-0.3, -0.25) is 0 Å². The van der Waals surface area contributed by atoms with E-state index < -0.39 is 5.79 Å². The largest absolute Gasteiger partial charge is 0.449 e. The van der Waals surface area contributed by atoms with Crippen LogP contribution in [0.1, 0.15) is 31.9 Å². The van der Waals surface area contributed by atoms with Crippen LogP contribution in [0.25, 0.3) is 0 Å². The van der Waals surface area contributed by atoms with E-state index in [1.165, 1.54) is 0 Å². The molecular weight excluding hydrogens is 204 g/mol. The van der Waals surface area contributed by atoms with Crippen molar-refractivity contribution in [2.75, 3.05) is 0 Å². The van der Waals surface area contributed by atoms with Crippen LogP contribution in [0.15, 0.2) is 12.1 Å². The molecule has 1 atom stereocenters. The quantitative estimate of drug-likeness (QED) is 0.835. The molecule has 0 saturated heterocycles. The van der Waals surface area contributed by atoms with E-state index >= 15 is 0 Å². The maximum atomic E-state index is 9.41. The molecule has 16 heavy (non-hydrogen) atoms. The van der Waals surface area contributed by atoms with Gasteiger partial charge in [-0.1, -0.05) is 0 Å². The summed E-state index contributed by atoms with van der Waals surface area (Å²) in [6, 6.07) is 3.94. The van der Waals surface area contributed by atoms with Gasteiger partial charge in [0.15, 0.2) is 11.5 Å². The molecule has 3 nitrogen and oxygen atoms in total. The lowest BCUT2D eigenvalue weighted by molar-refractivity contribution is -0.0431. The van der Waals surface area contributed by atoms with Gasteiger partial charge in [0.25, 0.3) is 0 Å². The van der Waals surface area contributed by atoms with Crippen molar-refractivity contribution in [3.05, 3.63) is 23.3 Å². The Morgan fingerprint density at radius 2 is 1.81 bits per heavy atom. The molecule has 1 aromatic rings. The Balaban J connectivity index is 2.33. The fraction of sp³-hybridized carbons (Fsp3) is 0.538. The number of aliphatic hydroxyl groups is 1. The number of benzene rings is 1. The van der Waals surface area contributed by atoms with Crippen molar-refractivity contribution >= 4 is 0 Å². The van der Waals surface area contributed by atoms with E-state index in [9.17, 15) is 5.11 Å². The van der Waals surface area contributed by atoms with Crippen LogP contribution < -0.4 is 9.47 Å². The van der Waals surface area contributed by atoms with Crippen LogP contribution in [0.3, 0.4) is 0 Å². The molecule has 1 aliphatic rings. The lowest BCUT2D eigenvalue weighted by Gasteiger charge is -2.16. The monoisotopic (exact) mass is 222 g/mol. The third-order valence-electron chi connectivity index (χ3n) is 2.63. The van der Waals surface area contributed by atoms with Gasteiger partial charge in [0.2, 0.25) is 5.79 Å². The normalized spacial score (nSPS) is 18.6. The van der Waals surface area contributed by atoms with E-state index in [1.54, 1.807) is 6.92 Å². The molecule has 1 unspecified atom stereocenters. The summed E-state index contributed by atoms with van der Waals surface area (Å²) in [6.07, 6.45) is 0.301.